The van der Waals surface area contributed by atoms with Gasteiger partial charge in [0.2, 0.25) is 0 Å². The Bertz CT molecular complexity index is 562. The summed E-state index contributed by atoms with van der Waals surface area (Å²) in [6.45, 7) is 6.99. The van der Waals surface area contributed by atoms with Crippen LogP contribution in [0.4, 0.5) is 0 Å². The van der Waals surface area contributed by atoms with Crippen LogP contribution in [-0.4, -0.2) is 5.16 Å². The maximum Gasteiger partial charge on any atom is 0.138 e. The molecule has 2 aromatic rings. The molecule has 3 nitrogen and oxygen atoms in total. The second-order valence-electron chi connectivity index (χ2n) is 5.86. The van der Waals surface area contributed by atoms with E-state index in [-0.39, 0.29) is 6.04 Å². The van der Waals surface area contributed by atoms with Crippen molar-refractivity contribution in [1.29, 1.82) is 0 Å². The molecule has 1 heterocycles. The van der Waals surface area contributed by atoms with Crippen molar-refractivity contribution >= 4 is 0 Å². The van der Waals surface area contributed by atoms with Crippen LogP contribution in [0.15, 0.2) is 28.8 Å². The Balaban J connectivity index is 1.61. The molecule has 106 valence electrons. The van der Waals surface area contributed by atoms with Crippen molar-refractivity contribution in [2.24, 2.45) is 0 Å². The van der Waals surface area contributed by atoms with Crippen molar-refractivity contribution in [2.45, 2.75) is 52.1 Å². The van der Waals surface area contributed by atoms with Gasteiger partial charge in [-0.1, -0.05) is 29.4 Å². The molecule has 0 saturated heterocycles. The Labute approximate surface area is 120 Å². The third kappa shape index (κ3) is 2.78. The van der Waals surface area contributed by atoms with Gasteiger partial charge in [0.15, 0.2) is 0 Å². The van der Waals surface area contributed by atoms with E-state index in [0.717, 1.165) is 23.9 Å². The fourth-order valence-corrected chi connectivity index (χ4v) is 2.81. The van der Waals surface area contributed by atoms with Gasteiger partial charge in [-0.15, -0.1) is 0 Å². The SMILES string of the molecule is Cc1noc(C)c1C(C)NCc1ccc(C2CC2)cc1. The highest BCUT2D eigenvalue weighted by Gasteiger charge is 2.23. The van der Waals surface area contributed by atoms with Crippen LogP contribution >= 0.6 is 0 Å². The molecular formula is C17H22N2O. The summed E-state index contributed by atoms with van der Waals surface area (Å²) < 4.78 is 5.23. The van der Waals surface area contributed by atoms with Crippen LogP contribution in [0.1, 0.15) is 59.9 Å². The molecule has 20 heavy (non-hydrogen) atoms. The molecule has 1 N–H and O–H groups in total. The molecule has 1 atom stereocenters. The summed E-state index contributed by atoms with van der Waals surface area (Å²) in [6, 6.07) is 9.27. The lowest BCUT2D eigenvalue weighted by molar-refractivity contribution is 0.390. The van der Waals surface area contributed by atoms with Gasteiger partial charge in [-0.05, 0) is 50.7 Å². The lowest BCUT2D eigenvalue weighted by atomic mass is 10.1. The molecule has 1 aromatic carbocycles. The number of nitrogens with one attached hydrogen (secondary N) is 1. The summed E-state index contributed by atoms with van der Waals surface area (Å²) >= 11 is 0. The monoisotopic (exact) mass is 270 g/mol. The highest BCUT2D eigenvalue weighted by molar-refractivity contribution is 5.28. The number of benzene rings is 1. The van der Waals surface area contributed by atoms with Gasteiger partial charge < -0.3 is 9.84 Å². The van der Waals surface area contributed by atoms with Crippen molar-refractivity contribution in [2.75, 3.05) is 0 Å². The summed E-state index contributed by atoms with van der Waals surface area (Å²) in [7, 11) is 0. The van der Waals surface area contributed by atoms with Crippen molar-refractivity contribution in [1.82, 2.24) is 10.5 Å². The van der Waals surface area contributed by atoms with Crippen LogP contribution < -0.4 is 5.32 Å². The molecule has 0 bridgehead atoms. The summed E-state index contributed by atoms with van der Waals surface area (Å²) in [5.41, 5.74) is 4.98. The van der Waals surface area contributed by atoms with Gasteiger partial charge in [-0.3, -0.25) is 0 Å². The van der Waals surface area contributed by atoms with Gasteiger partial charge in [0.1, 0.15) is 5.76 Å². The number of aryl methyl sites for hydroxylation is 2. The lowest BCUT2D eigenvalue weighted by Gasteiger charge is -2.14. The van der Waals surface area contributed by atoms with E-state index in [2.05, 4.69) is 41.7 Å². The Kier molecular flexibility index (Phi) is 3.62. The molecule has 1 aromatic heterocycles. The topological polar surface area (TPSA) is 38.1 Å². The van der Waals surface area contributed by atoms with Gasteiger partial charge in [-0.25, -0.2) is 0 Å². The van der Waals surface area contributed by atoms with Crippen LogP contribution in [0.2, 0.25) is 0 Å². The van der Waals surface area contributed by atoms with Crippen molar-refractivity contribution in [3.63, 3.8) is 0 Å². The third-order valence-corrected chi connectivity index (χ3v) is 4.16. The smallest absolute Gasteiger partial charge is 0.138 e. The number of rotatable bonds is 5. The van der Waals surface area contributed by atoms with E-state index >= 15 is 0 Å². The van der Waals surface area contributed by atoms with E-state index in [0.29, 0.717) is 0 Å². The molecule has 1 aliphatic carbocycles. The maximum atomic E-state index is 5.23. The van der Waals surface area contributed by atoms with Crippen molar-refractivity contribution in [3.8, 4) is 0 Å². The van der Waals surface area contributed by atoms with E-state index in [4.69, 9.17) is 4.52 Å². The predicted octanol–water partition coefficient (Wildman–Crippen LogP) is 4.02. The highest BCUT2D eigenvalue weighted by atomic mass is 16.5. The van der Waals surface area contributed by atoms with Crippen LogP contribution in [0, 0.1) is 13.8 Å². The molecule has 1 saturated carbocycles. The first-order chi connectivity index (χ1) is 9.65. The van der Waals surface area contributed by atoms with E-state index in [1.165, 1.54) is 29.5 Å². The molecule has 1 fully saturated rings. The normalized spacial score (nSPS) is 16.4. The minimum absolute atomic E-state index is 0.254. The van der Waals surface area contributed by atoms with Crippen LogP contribution in [-0.2, 0) is 6.54 Å². The molecule has 3 rings (SSSR count). The molecule has 0 amide bonds. The number of hydrogen-bond acceptors (Lipinski definition) is 3. The standard InChI is InChI=1S/C17H22N2O/c1-11(17-12(2)19-20-13(17)3)18-10-14-4-6-15(7-5-14)16-8-9-16/h4-7,11,16,18H,8-10H2,1-3H3. The second kappa shape index (κ2) is 5.41. The van der Waals surface area contributed by atoms with E-state index in [1.807, 2.05) is 13.8 Å². The molecule has 0 spiro atoms. The highest BCUT2D eigenvalue weighted by Crippen LogP contribution is 2.39. The fraction of sp³-hybridized carbons (Fsp3) is 0.471. The molecular weight excluding hydrogens is 248 g/mol. The van der Waals surface area contributed by atoms with Crippen LogP contribution in [0.3, 0.4) is 0 Å². The molecule has 3 heteroatoms. The zero-order chi connectivity index (χ0) is 14.1. The molecule has 1 aliphatic rings. The Hall–Kier alpha value is -1.61. The average Bonchev–Trinajstić information content (AvgIpc) is 3.23. The first kappa shape index (κ1) is 13.4. The zero-order valence-electron chi connectivity index (χ0n) is 12.4. The minimum Gasteiger partial charge on any atom is -0.361 e. The van der Waals surface area contributed by atoms with E-state index in [9.17, 15) is 0 Å². The van der Waals surface area contributed by atoms with Gasteiger partial charge in [0.25, 0.3) is 0 Å². The number of hydrogen-bond donors (Lipinski definition) is 1. The Morgan fingerprint density at radius 2 is 1.95 bits per heavy atom. The van der Waals surface area contributed by atoms with Crippen molar-refractivity contribution in [3.05, 3.63) is 52.4 Å². The fourth-order valence-electron chi connectivity index (χ4n) is 2.81. The predicted molar refractivity (Wildman–Crippen MR) is 79.6 cm³/mol. The zero-order valence-corrected chi connectivity index (χ0v) is 12.4. The molecule has 0 radical (unpaired) electrons. The van der Waals surface area contributed by atoms with E-state index < -0.39 is 0 Å². The Morgan fingerprint density at radius 1 is 1.25 bits per heavy atom. The Morgan fingerprint density at radius 3 is 2.50 bits per heavy atom. The summed E-state index contributed by atoms with van der Waals surface area (Å²) in [5, 5.41) is 7.56. The average molecular weight is 270 g/mol. The molecule has 1 unspecified atom stereocenters. The number of nitrogens with zero attached hydrogens (tertiary/aromatic N) is 1. The van der Waals surface area contributed by atoms with Crippen LogP contribution in [0.25, 0.3) is 0 Å². The maximum absolute atomic E-state index is 5.23. The minimum atomic E-state index is 0.254. The van der Waals surface area contributed by atoms with Gasteiger partial charge in [-0.2, -0.15) is 0 Å². The number of aromatic nitrogens is 1. The van der Waals surface area contributed by atoms with Crippen LogP contribution in [0.5, 0.6) is 0 Å². The first-order valence-corrected chi connectivity index (χ1v) is 7.40. The van der Waals surface area contributed by atoms with Gasteiger partial charge >= 0.3 is 0 Å². The van der Waals surface area contributed by atoms with Gasteiger partial charge in [0, 0.05) is 18.2 Å². The van der Waals surface area contributed by atoms with Crippen molar-refractivity contribution < 1.29 is 4.52 Å². The first-order valence-electron chi connectivity index (χ1n) is 7.40. The largest absolute Gasteiger partial charge is 0.361 e. The molecule has 0 aliphatic heterocycles. The van der Waals surface area contributed by atoms with Gasteiger partial charge in [0.05, 0.1) is 5.69 Å². The summed E-state index contributed by atoms with van der Waals surface area (Å²) in [6.07, 6.45) is 2.72. The second-order valence-corrected chi connectivity index (χ2v) is 5.86. The summed E-state index contributed by atoms with van der Waals surface area (Å²) in [4.78, 5) is 0. The lowest BCUT2D eigenvalue weighted by Crippen LogP contribution is -2.19. The van der Waals surface area contributed by atoms with E-state index in [1.54, 1.807) is 0 Å². The third-order valence-electron chi connectivity index (χ3n) is 4.16. The quantitative estimate of drug-likeness (QED) is 0.891. The summed E-state index contributed by atoms with van der Waals surface area (Å²) in [5.74, 6) is 1.74.